The molecule has 2 nitrogen and oxygen atoms in total. The lowest BCUT2D eigenvalue weighted by atomic mass is 10.2. The monoisotopic (exact) mass is 210 g/mol. The van der Waals surface area contributed by atoms with E-state index in [0.29, 0.717) is 0 Å². The standard InChI is InChI=1S/C14H14N2/c15-13-8-4-5-9-14(13)16-11-10-12-6-2-1-3-7-12/h1-11,16H,15H2/b11-10+. The van der Waals surface area contributed by atoms with Crippen molar-refractivity contribution in [3.05, 3.63) is 66.4 Å². The summed E-state index contributed by atoms with van der Waals surface area (Å²) in [6, 6.07) is 17.8. The molecule has 0 saturated heterocycles. The van der Waals surface area contributed by atoms with Crippen molar-refractivity contribution in [1.82, 2.24) is 0 Å². The SMILES string of the molecule is Nc1ccccc1N/C=C/c1ccccc1. The summed E-state index contributed by atoms with van der Waals surface area (Å²) >= 11 is 0. The molecule has 2 heteroatoms. The Morgan fingerprint density at radius 1 is 0.875 bits per heavy atom. The number of nitrogens with two attached hydrogens (primary N) is 1. The zero-order valence-corrected chi connectivity index (χ0v) is 8.93. The van der Waals surface area contributed by atoms with Crippen molar-refractivity contribution < 1.29 is 0 Å². The smallest absolute Gasteiger partial charge is 0.0613 e. The van der Waals surface area contributed by atoms with Crippen LogP contribution in [-0.2, 0) is 0 Å². The molecule has 0 radical (unpaired) electrons. The average Bonchev–Trinajstić information content (AvgIpc) is 2.33. The summed E-state index contributed by atoms with van der Waals surface area (Å²) in [7, 11) is 0. The maximum atomic E-state index is 5.80. The van der Waals surface area contributed by atoms with E-state index in [-0.39, 0.29) is 0 Å². The fourth-order valence-corrected chi connectivity index (χ4v) is 1.42. The van der Waals surface area contributed by atoms with Crippen molar-refractivity contribution in [3.8, 4) is 0 Å². The van der Waals surface area contributed by atoms with Gasteiger partial charge in [0.1, 0.15) is 0 Å². The van der Waals surface area contributed by atoms with Crippen LogP contribution in [0.15, 0.2) is 60.8 Å². The van der Waals surface area contributed by atoms with E-state index in [0.717, 1.165) is 16.9 Å². The van der Waals surface area contributed by atoms with E-state index in [1.807, 2.05) is 66.9 Å². The molecular formula is C14H14N2. The van der Waals surface area contributed by atoms with Crippen molar-refractivity contribution in [1.29, 1.82) is 0 Å². The highest BCUT2D eigenvalue weighted by molar-refractivity contribution is 5.68. The first-order valence-corrected chi connectivity index (χ1v) is 5.19. The Morgan fingerprint density at radius 3 is 2.31 bits per heavy atom. The highest BCUT2D eigenvalue weighted by Crippen LogP contribution is 2.16. The van der Waals surface area contributed by atoms with Crippen LogP contribution in [0.5, 0.6) is 0 Å². The Kier molecular flexibility index (Phi) is 3.24. The lowest BCUT2D eigenvalue weighted by Gasteiger charge is -2.03. The average molecular weight is 210 g/mol. The third-order valence-corrected chi connectivity index (χ3v) is 2.27. The minimum absolute atomic E-state index is 0.750. The molecule has 0 bridgehead atoms. The molecule has 16 heavy (non-hydrogen) atoms. The van der Waals surface area contributed by atoms with Gasteiger partial charge in [-0.15, -0.1) is 0 Å². The quantitative estimate of drug-likeness (QED) is 0.762. The van der Waals surface area contributed by atoms with Crippen LogP contribution in [0.4, 0.5) is 11.4 Å². The van der Waals surface area contributed by atoms with Gasteiger partial charge >= 0.3 is 0 Å². The molecule has 0 heterocycles. The molecular weight excluding hydrogens is 196 g/mol. The molecule has 0 saturated carbocycles. The van der Waals surface area contributed by atoms with Gasteiger partial charge in [0.05, 0.1) is 11.4 Å². The predicted octanol–water partition coefficient (Wildman–Crippen LogP) is 3.35. The van der Waals surface area contributed by atoms with Crippen LogP contribution >= 0.6 is 0 Å². The number of rotatable bonds is 3. The van der Waals surface area contributed by atoms with Gasteiger partial charge in [-0.25, -0.2) is 0 Å². The third kappa shape index (κ3) is 2.64. The number of anilines is 2. The summed E-state index contributed by atoms with van der Waals surface area (Å²) in [5.41, 5.74) is 8.64. The molecule has 2 aromatic carbocycles. The second kappa shape index (κ2) is 5.03. The highest BCUT2D eigenvalue weighted by atomic mass is 14.9. The number of para-hydroxylation sites is 2. The van der Waals surface area contributed by atoms with Crippen molar-refractivity contribution in [2.45, 2.75) is 0 Å². The molecule has 0 aliphatic carbocycles. The first kappa shape index (κ1) is 10.3. The van der Waals surface area contributed by atoms with Gasteiger partial charge in [-0.05, 0) is 23.8 Å². The van der Waals surface area contributed by atoms with Crippen LogP contribution < -0.4 is 11.1 Å². The first-order chi connectivity index (χ1) is 7.86. The van der Waals surface area contributed by atoms with Crippen molar-refractivity contribution >= 4 is 17.5 Å². The molecule has 2 rings (SSSR count). The van der Waals surface area contributed by atoms with Gasteiger partial charge in [0, 0.05) is 6.20 Å². The van der Waals surface area contributed by atoms with Crippen LogP contribution in [0, 0.1) is 0 Å². The largest absolute Gasteiger partial charge is 0.397 e. The minimum Gasteiger partial charge on any atom is -0.397 e. The van der Waals surface area contributed by atoms with E-state index in [1.165, 1.54) is 0 Å². The van der Waals surface area contributed by atoms with E-state index < -0.39 is 0 Å². The number of nitrogen functional groups attached to an aromatic ring is 1. The van der Waals surface area contributed by atoms with Crippen molar-refractivity contribution in [2.75, 3.05) is 11.1 Å². The number of hydrogen-bond donors (Lipinski definition) is 2. The molecule has 0 atom stereocenters. The minimum atomic E-state index is 0.750. The van der Waals surface area contributed by atoms with Gasteiger partial charge in [-0.2, -0.15) is 0 Å². The molecule has 3 N–H and O–H groups in total. The van der Waals surface area contributed by atoms with Gasteiger partial charge in [0.25, 0.3) is 0 Å². The number of nitrogens with one attached hydrogen (secondary N) is 1. The molecule has 80 valence electrons. The third-order valence-electron chi connectivity index (χ3n) is 2.27. The molecule has 0 amide bonds. The summed E-state index contributed by atoms with van der Waals surface area (Å²) in [5, 5.41) is 3.16. The van der Waals surface area contributed by atoms with Gasteiger partial charge in [-0.1, -0.05) is 42.5 Å². The zero-order chi connectivity index (χ0) is 11.2. The molecule has 0 aliphatic heterocycles. The highest BCUT2D eigenvalue weighted by Gasteiger charge is 1.92. The zero-order valence-electron chi connectivity index (χ0n) is 8.93. The van der Waals surface area contributed by atoms with Crippen LogP contribution in [-0.4, -0.2) is 0 Å². The summed E-state index contributed by atoms with van der Waals surface area (Å²) in [4.78, 5) is 0. The Bertz CT molecular complexity index is 475. The van der Waals surface area contributed by atoms with Crippen LogP contribution in [0.2, 0.25) is 0 Å². The van der Waals surface area contributed by atoms with Gasteiger partial charge in [0.2, 0.25) is 0 Å². The Morgan fingerprint density at radius 2 is 1.56 bits per heavy atom. The van der Waals surface area contributed by atoms with Crippen LogP contribution in [0.3, 0.4) is 0 Å². The molecule has 2 aromatic rings. The summed E-state index contributed by atoms with van der Waals surface area (Å²) < 4.78 is 0. The maximum absolute atomic E-state index is 5.80. The maximum Gasteiger partial charge on any atom is 0.0613 e. The second-order valence-corrected chi connectivity index (χ2v) is 3.48. The van der Waals surface area contributed by atoms with Gasteiger partial charge < -0.3 is 11.1 Å². The van der Waals surface area contributed by atoms with Crippen molar-refractivity contribution in [3.63, 3.8) is 0 Å². The molecule has 0 fully saturated rings. The lowest BCUT2D eigenvalue weighted by Crippen LogP contribution is -1.93. The van der Waals surface area contributed by atoms with E-state index in [9.17, 15) is 0 Å². The lowest BCUT2D eigenvalue weighted by molar-refractivity contribution is 1.58. The summed E-state index contributed by atoms with van der Waals surface area (Å²) in [5.74, 6) is 0. The molecule has 0 aliphatic rings. The fourth-order valence-electron chi connectivity index (χ4n) is 1.42. The molecule has 0 spiro atoms. The van der Waals surface area contributed by atoms with Gasteiger partial charge in [-0.3, -0.25) is 0 Å². The van der Waals surface area contributed by atoms with E-state index in [4.69, 9.17) is 5.73 Å². The Balaban J connectivity index is 2.03. The topological polar surface area (TPSA) is 38.0 Å². The van der Waals surface area contributed by atoms with E-state index >= 15 is 0 Å². The number of benzene rings is 2. The normalized spacial score (nSPS) is 10.5. The van der Waals surface area contributed by atoms with Crippen LogP contribution in [0.1, 0.15) is 5.56 Å². The molecule has 0 aromatic heterocycles. The van der Waals surface area contributed by atoms with Crippen LogP contribution in [0.25, 0.3) is 6.08 Å². The molecule has 0 unspecified atom stereocenters. The number of hydrogen-bond acceptors (Lipinski definition) is 2. The first-order valence-electron chi connectivity index (χ1n) is 5.19. The summed E-state index contributed by atoms with van der Waals surface area (Å²) in [6.45, 7) is 0. The Labute approximate surface area is 95.4 Å². The second-order valence-electron chi connectivity index (χ2n) is 3.48. The van der Waals surface area contributed by atoms with E-state index in [2.05, 4.69) is 5.32 Å². The fraction of sp³-hybridized carbons (Fsp3) is 0. The Hall–Kier alpha value is -2.22. The van der Waals surface area contributed by atoms with Gasteiger partial charge in [0.15, 0.2) is 0 Å². The van der Waals surface area contributed by atoms with E-state index in [1.54, 1.807) is 0 Å². The predicted molar refractivity (Wildman–Crippen MR) is 70.0 cm³/mol. The van der Waals surface area contributed by atoms with Crippen molar-refractivity contribution in [2.24, 2.45) is 0 Å². The summed E-state index contributed by atoms with van der Waals surface area (Å²) in [6.07, 6.45) is 3.90.